The van der Waals surface area contributed by atoms with E-state index in [2.05, 4.69) is 25.9 Å². The van der Waals surface area contributed by atoms with Gasteiger partial charge in [0, 0.05) is 0 Å². The van der Waals surface area contributed by atoms with Crippen molar-refractivity contribution in [1.29, 1.82) is 0 Å². The molecule has 0 saturated heterocycles. The molecule has 0 atom stereocenters. The molecule has 0 spiro atoms. The fourth-order valence-corrected chi connectivity index (χ4v) is 2.11. The van der Waals surface area contributed by atoms with Crippen LogP contribution in [0.3, 0.4) is 0 Å². The Morgan fingerprint density at radius 1 is 1.39 bits per heavy atom. The van der Waals surface area contributed by atoms with Gasteiger partial charge in [-0.15, -0.1) is 5.10 Å². The molecule has 1 aromatic carbocycles. The molecule has 3 aromatic rings. The average Bonchev–Trinajstić information content (AvgIpc) is 3.14. The Labute approximate surface area is 131 Å². The zero-order chi connectivity index (χ0) is 16.4. The number of nitrogens with zero attached hydrogens (tertiary/aromatic N) is 3. The highest BCUT2D eigenvalue weighted by atomic mass is 16.5. The number of carbonyl (C=O) groups is 1. The van der Waals surface area contributed by atoms with Gasteiger partial charge in [-0.3, -0.25) is 10.1 Å². The third kappa shape index (κ3) is 2.80. The van der Waals surface area contributed by atoms with Crippen LogP contribution in [0, 0.1) is 0 Å². The molecule has 120 valence electrons. The summed E-state index contributed by atoms with van der Waals surface area (Å²) in [5.74, 6) is 0.367. The van der Waals surface area contributed by atoms with Gasteiger partial charge in [0.25, 0.3) is 11.9 Å². The van der Waals surface area contributed by atoms with E-state index in [9.17, 15) is 4.79 Å². The second kappa shape index (κ2) is 5.95. The van der Waals surface area contributed by atoms with Gasteiger partial charge in [0.05, 0.1) is 18.6 Å². The van der Waals surface area contributed by atoms with Crippen molar-refractivity contribution >= 4 is 22.8 Å². The molecule has 9 nitrogen and oxygen atoms in total. The molecule has 1 amide bonds. The van der Waals surface area contributed by atoms with Gasteiger partial charge in [-0.1, -0.05) is 11.2 Å². The van der Waals surface area contributed by atoms with Crippen LogP contribution in [0.4, 0.5) is 5.95 Å². The molecule has 0 aliphatic heterocycles. The summed E-state index contributed by atoms with van der Waals surface area (Å²) in [4.78, 5) is 12.4. The van der Waals surface area contributed by atoms with Crippen LogP contribution in [0.5, 0.6) is 11.5 Å². The largest absolute Gasteiger partial charge is 0.493 e. The number of H-pyrrole nitrogens is 1. The average molecular weight is 317 g/mol. The number of anilines is 1. The SMILES string of the molecule is COc1cccc2c(OC(C)C)c(C(=O)Nc3nn[nH]n3)oc12. The quantitative estimate of drug-likeness (QED) is 0.739. The standard InChI is InChI=1S/C14H15N5O4/c1-7(2)22-11-8-5-4-6-9(21-3)10(8)23-12(11)13(20)15-14-16-18-19-17-14/h4-7H,1-3H3,(H2,15,16,17,18,19,20). The van der Waals surface area contributed by atoms with E-state index >= 15 is 0 Å². The number of rotatable bonds is 5. The summed E-state index contributed by atoms with van der Waals surface area (Å²) in [6.45, 7) is 3.72. The molecule has 9 heteroatoms. The van der Waals surface area contributed by atoms with Crippen LogP contribution >= 0.6 is 0 Å². The number of fused-ring (bicyclic) bond motifs is 1. The summed E-state index contributed by atoms with van der Waals surface area (Å²) in [6, 6.07) is 5.33. The normalized spacial score (nSPS) is 11.0. The second-order valence-corrected chi connectivity index (χ2v) is 4.95. The van der Waals surface area contributed by atoms with E-state index in [0.717, 1.165) is 0 Å². The molecule has 3 rings (SSSR count). The van der Waals surface area contributed by atoms with E-state index in [0.29, 0.717) is 22.5 Å². The van der Waals surface area contributed by atoms with Crippen LogP contribution in [0.1, 0.15) is 24.4 Å². The van der Waals surface area contributed by atoms with Crippen molar-refractivity contribution in [3.8, 4) is 11.5 Å². The first-order valence-corrected chi connectivity index (χ1v) is 6.91. The van der Waals surface area contributed by atoms with Crippen LogP contribution in [0.25, 0.3) is 11.0 Å². The minimum absolute atomic E-state index is 0.0167. The molecular formula is C14H15N5O4. The number of carbonyl (C=O) groups excluding carboxylic acids is 1. The predicted molar refractivity (Wildman–Crippen MR) is 80.7 cm³/mol. The number of methoxy groups -OCH3 is 1. The summed E-state index contributed by atoms with van der Waals surface area (Å²) in [6.07, 6.45) is -0.140. The van der Waals surface area contributed by atoms with Crippen molar-refractivity contribution < 1.29 is 18.7 Å². The summed E-state index contributed by atoms with van der Waals surface area (Å²) in [5.41, 5.74) is 0.434. The summed E-state index contributed by atoms with van der Waals surface area (Å²) in [5, 5.41) is 16.1. The van der Waals surface area contributed by atoms with Gasteiger partial charge in [-0.05, 0) is 31.2 Å². The van der Waals surface area contributed by atoms with Crippen LogP contribution in [0.2, 0.25) is 0 Å². The maximum absolute atomic E-state index is 12.4. The molecule has 2 heterocycles. The molecule has 0 aliphatic rings. The number of aromatic nitrogens is 4. The minimum atomic E-state index is -0.541. The molecule has 0 aliphatic carbocycles. The molecule has 0 saturated carbocycles. The molecule has 2 N–H and O–H groups in total. The summed E-state index contributed by atoms with van der Waals surface area (Å²) < 4.78 is 16.7. The summed E-state index contributed by atoms with van der Waals surface area (Å²) >= 11 is 0. The van der Waals surface area contributed by atoms with Gasteiger partial charge in [-0.25, -0.2) is 0 Å². The Bertz CT molecular complexity index is 825. The Morgan fingerprint density at radius 3 is 2.87 bits per heavy atom. The zero-order valence-electron chi connectivity index (χ0n) is 12.8. The van der Waals surface area contributed by atoms with E-state index < -0.39 is 5.91 Å². The van der Waals surface area contributed by atoms with E-state index in [-0.39, 0.29) is 17.8 Å². The molecule has 0 unspecified atom stereocenters. The van der Waals surface area contributed by atoms with Crippen molar-refractivity contribution in [2.75, 3.05) is 12.4 Å². The number of furan rings is 1. The Kier molecular flexibility index (Phi) is 3.83. The fraction of sp³-hybridized carbons (Fsp3) is 0.286. The van der Waals surface area contributed by atoms with Crippen molar-refractivity contribution in [2.24, 2.45) is 0 Å². The Hall–Kier alpha value is -3.10. The van der Waals surface area contributed by atoms with Gasteiger partial charge >= 0.3 is 0 Å². The number of para-hydroxylation sites is 1. The highest BCUT2D eigenvalue weighted by Crippen LogP contribution is 2.38. The van der Waals surface area contributed by atoms with Gasteiger partial charge in [-0.2, -0.15) is 5.21 Å². The minimum Gasteiger partial charge on any atom is -0.493 e. The number of hydrogen-bond donors (Lipinski definition) is 2. The fourth-order valence-electron chi connectivity index (χ4n) is 2.11. The van der Waals surface area contributed by atoms with E-state index in [1.807, 2.05) is 13.8 Å². The van der Waals surface area contributed by atoms with Crippen LogP contribution in [-0.2, 0) is 0 Å². The Balaban J connectivity index is 2.08. The monoisotopic (exact) mass is 317 g/mol. The van der Waals surface area contributed by atoms with Crippen molar-refractivity contribution in [1.82, 2.24) is 20.6 Å². The highest BCUT2D eigenvalue weighted by molar-refractivity contribution is 6.08. The van der Waals surface area contributed by atoms with Gasteiger partial charge < -0.3 is 13.9 Å². The topological polar surface area (TPSA) is 115 Å². The number of ether oxygens (including phenoxy) is 2. The third-order valence-electron chi connectivity index (χ3n) is 2.98. The van der Waals surface area contributed by atoms with Crippen molar-refractivity contribution in [3.05, 3.63) is 24.0 Å². The van der Waals surface area contributed by atoms with E-state index in [4.69, 9.17) is 13.9 Å². The van der Waals surface area contributed by atoms with Crippen LogP contribution in [-0.4, -0.2) is 39.7 Å². The zero-order valence-corrected chi connectivity index (χ0v) is 12.8. The molecule has 0 fully saturated rings. The van der Waals surface area contributed by atoms with Gasteiger partial charge in [0.1, 0.15) is 0 Å². The number of aromatic amines is 1. The Morgan fingerprint density at radius 2 is 2.22 bits per heavy atom. The highest BCUT2D eigenvalue weighted by Gasteiger charge is 2.25. The molecule has 2 aromatic heterocycles. The molecule has 0 bridgehead atoms. The third-order valence-corrected chi connectivity index (χ3v) is 2.98. The molecule has 0 radical (unpaired) electrons. The lowest BCUT2D eigenvalue weighted by Gasteiger charge is -2.09. The van der Waals surface area contributed by atoms with E-state index in [1.54, 1.807) is 18.2 Å². The maximum atomic E-state index is 12.4. The van der Waals surface area contributed by atoms with Crippen molar-refractivity contribution in [2.45, 2.75) is 20.0 Å². The lowest BCUT2D eigenvalue weighted by Crippen LogP contribution is -2.15. The second-order valence-electron chi connectivity index (χ2n) is 4.95. The van der Waals surface area contributed by atoms with Crippen LogP contribution in [0.15, 0.2) is 22.6 Å². The summed E-state index contributed by atoms with van der Waals surface area (Å²) in [7, 11) is 1.53. The number of hydrogen-bond acceptors (Lipinski definition) is 7. The van der Waals surface area contributed by atoms with Gasteiger partial charge in [0.2, 0.25) is 5.76 Å². The lowest BCUT2D eigenvalue weighted by atomic mass is 10.2. The molecular weight excluding hydrogens is 302 g/mol. The molecule has 23 heavy (non-hydrogen) atoms. The predicted octanol–water partition coefficient (Wildman–Crippen LogP) is 1.99. The number of tetrazole rings is 1. The maximum Gasteiger partial charge on any atom is 0.297 e. The van der Waals surface area contributed by atoms with Crippen molar-refractivity contribution in [3.63, 3.8) is 0 Å². The number of amides is 1. The van der Waals surface area contributed by atoms with E-state index in [1.165, 1.54) is 7.11 Å². The first kappa shape index (κ1) is 14.8. The number of nitrogens with one attached hydrogen (secondary N) is 2. The lowest BCUT2D eigenvalue weighted by molar-refractivity contribution is 0.0990. The smallest absolute Gasteiger partial charge is 0.297 e. The first-order chi connectivity index (χ1) is 11.1. The first-order valence-electron chi connectivity index (χ1n) is 6.91. The number of benzene rings is 1. The van der Waals surface area contributed by atoms with Gasteiger partial charge in [0.15, 0.2) is 17.1 Å². The van der Waals surface area contributed by atoms with Crippen LogP contribution < -0.4 is 14.8 Å².